The molecule has 0 aliphatic rings. The molecule has 20 heavy (non-hydrogen) atoms. The number of esters is 1. The van der Waals surface area contributed by atoms with Gasteiger partial charge in [-0.3, -0.25) is 0 Å². The highest BCUT2D eigenvalue weighted by atomic mass is 32.1. The zero-order valence-electron chi connectivity index (χ0n) is 11.0. The number of hydrogen-bond acceptors (Lipinski definition) is 5. The van der Waals surface area contributed by atoms with Crippen LogP contribution in [-0.4, -0.2) is 24.2 Å². The lowest BCUT2D eigenvalue weighted by atomic mass is 10.1. The van der Waals surface area contributed by atoms with E-state index in [4.69, 9.17) is 32.7 Å². The number of nitriles is 1. The van der Waals surface area contributed by atoms with Gasteiger partial charge in [-0.2, -0.15) is 5.26 Å². The quantitative estimate of drug-likeness (QED) is 0.372. The maximum absolute atomic E-state index is 11.1. The van der Waals surface area contributed by atoms with Crippen LogP contribution in [0.5, 0.6) is 5.75 Å². The number of nitrogens with zero attached hydrogens (tertiary/aromatic N) is 1. The summed E-state index contributed by atoms with van der Waals surface area (Å²) in [5, 5.41) is 8.85. The average molecular weight is 290 g/mol. The molecule has 0 spiro atoms. The Bertz CT molecular complexity index is 559. The Morgan fingerprint density at radius 2 is 2.10 bits per heavy atom. The standard InChI is InChI=1S/C14H14N2O3S/c1-2-18-13(17)9-19-12-5-3-10(4-6-12)7-11(8-15)14(16)20/h3-7H,2,9H2,1H3,(H2,16,20)/b11-7-. The molecule has 1 aromatic carbocycles. The van der Waals surface area contributed by atoms with Crippen molar-refractivity contribution in [3.63, 3.8) is 0 Å². The van der Waals surface area contributed by atoms with Gasteiger partial charge in [-0.15, -0.1) is 0 Å². The van der Waals surface area contributed by atoms with E-state index >= 15 is 0 Å². The van der Waals surface area contributed by atoms with E-state index in [-0.39, 0.29) is 17.2 Å². The zero-order chi connectivity index (χ0) is 15.0. The van der Waals surface area contributed by atoms with Crippen LogP contribution >= 0.6 is 12.2 Å². The molecule has 2 N–H and O–H groups in total. The second-order valence-electron chi connectivity index (χ2n) is 3.70. The number of rotatable bonds is 6. The van der Waals surface area contributed by atoms with Gasteiger partial charge in [0.1, 0.15) is 16.8 Å². The maximum atomic E-state index is 11.1. The molecule has 0 aliphatic heterocycles. The first-order valence-electron chi connectivity index (χ1n) is 5.87. The fourth-order valence-corrected chi connectivity index (χ4v) is 1.43. The van der Waals surface area contributed by atoms with Gasteiger partial charge in [0.2, 0.25) is 0 Å². The SMILES string of the molecule is CCOC(=O)COc1ccc(/C=C(/C#N)C(N)=S)cc1. The summed E-state index contributed by atoms with van der Waals surface area (Å²) in [6, 6.07) is 8.75. The predicted molar refractivity (Wildman–Crippen MR) is 78.9 cm³/mol. The molecule has 0 atom stereocenters. The minimum absolute atomic E-state index is 0.0511. The van der Waals surface area contributed by atoms with Crippen molar-refractivity contribution in [2.75, 3.05) is 13.2 Å². The van der Waals surface area contributed by atoms with E-state index in [1.807, 2.05) is 6.07 Å². The molecule has 104 valence electrons. The van der Waals surface area contributed by atoms with Crippen LogP contribution in [0.15, 0.2) is 29.8 Å². The molecule has 0 aromatic heterocycles. The smallest absolute Gasteiger partial charge is 0.344 e. The Kier molecular flexibility index (Phi) is 6.20. The second kappa shape index (κ2) is 7.92. The van der Waals surface area contributed by atoms with E-state index in [1.165, 1.54) is 0 Å². The van der Waals surface area contributed by atoms with Gasteiger partial charge in [0.05, 0.1) is 12.2 Å². The van der Waals surface area contributed by atoms with Crippen LogP contribution in [0, 0.1) is 11.3 Å². The van der Waals surface area contributed by atoms with Crippen LogP contribution in [0.25, 0.3) is 6.08 Å². The summed E-state index contributed by atoms with van der Waals surface area (Å²) < 4.78 is 9.99. The molecule has 0 aliphatic carbocycles. The van der Waals surface area contributed by atoms with Crippen LogP contribution in [0.1, 0.15) is 12.5 Å². The van der Waals surface area contributed by atoms with Crippen molar-refractivity contribution < 1.29 is 14.3 Å². The third-order valence-electron chi connectivity index (χ3n) is 2.24. The molecule has 0 radical (unpaired) electrons. The van der Waals surface area contributed by atoms with Crippen molar-refractivity contribution >= 4 is 29.3 Å². The highest BCUT2D eigenvalue weighted by molar-refractivity contribution is 7.80. The first-order valence-corrected chi connectivity index (χ1v) is 6.27. The number of ether oxygens (including phenoxy) is 2. The van der Waals surface area contributed by atoms with Gasteiger partial charge in [-0.05, 0) is 30.7 Å². The lowest BCUT2D eigenvalue weighted by molar-refractivity contribution is -0.145. The van der Waals surface area contributed by atoms with Crippen LogP contribution in [0.3, 0.4) is 0 Å². The lowest BCUT2D eigenvalue weighted by Gasteiger charge is -2.05. The Morgan fingerprint density at radius 3 is 2.60 bits per heavy atom. The van der Waals surface area contributed by atoms with Gasteiger partial charge in [0, 0.05) is 0 Å². The molecule has 6 heteroatoms. The maximum Gasteiger partial charge on any atom is 0.344 e. The monoisotopic (exact) mass is 290 g/mol. The van der Waals surface area contributed by atoms with Gasteiger partial charge < -0.3 is 15.2 Å². The summed E-state index contributed by atoms with van der Waals surface area (Å²) in [7, 11) is 0. The van der Waals surface area contributed by atoms with Crippen molar-refractivity contribution in [3.05, 3.63) is 35.4 Å². The Hall–Kier alpha value is -2.39. The first kappa shape index (κ1) is 15.7. The average Bonchev–Trinajstić information content (AvgIpc) is 2.43. The van der Waals surface area contributed by atoms with Crippen molar-refractivity contribution in [3.8, 4) is 11.8 Å². The molecule has 0 saturated heterocycles. The van der Waals surface area contributed by atoms with Crippen LogP contribution in [0.4, 0.5) is 0 Å². The fourth-order valence-electron chi connectivity index (χ4n) is 1.33. The van der Waals surface area contributed by atoms with Gasteiger partial charge in [-0.1, -0.05) is 24.4 Å². The first-order chi connectivity index (χ1) is 9.56. The Balaban J connectivity index is 2.68. The van der Waals surface area contributed by atoms with Gasteiger partial charge in [0.25, 0.3) is 0 Å². The summed E-state index contributed by atoms with van der Waals surface area (Å²) in [4.78, 5) is 11.2. The molecular weight excluding hydrogens is 276 g/mol. The highest BCUT2D eigenvalue weighted by Crippen LogP contribution is 2.14. The highest BCUT2D eigenvalue weighted by Gasteiger charge is 2.03. The molecule has 5 nitrogen and oxygen atoms in total. The summed E-state index contributed by atoms with van der Waals surface area (Å²) in [5.74, 6) is 0.112. The van der Waals surface area contributed by atoms with E-state index in [9.17, 15) is 4.79 Å². The summed E-state index contributed by atoms with van der Waals surface area (Å²) in [6.45, 7) is 1.91. The van der Waals surface area contributed by atoms with E-state index in [1.54, 1.807) is 37.3 Å². The number of hydrogen-bond donors (Lipinski definition) is 1. The fraction of sp³-hybridized carbons (Fsp3) is 0.214. The minimum Gasteiger partial charge on any atom is -0.482 e. The van der Waals surface area contributed by atoms with E-state index < -0.39 is 5.97 Å². The molecular formula is C14H14N2O3S. The van der Waals surface area contributed by atoms with Gasteiger partial charge in [-0.25, -0.2) is 4.79 Å². The van der Waals surface area contributed by atoms with Gasteiger partial charge >= 0.3 is 5.97 Å². The zero-order valence-corrected chi connectivity index (χ0v) is 11.8. The second-order valence-corrected chi connectivity index (χ2v) is 4.14. The topological polar surface area (TPSA) is 85.3 Å². The van der Waals surface area contributed by atoms with Crippen molar-refractivity contribution in [2.45, 2.75) is 6.92 Å². The number of benzene rings is 1. The molecule has 0 amide bonds. The third-order valence-corrected chi connectivity index (χ3v) is 2.46. The Labute approximate surface area is 122 Å². The summed E-state index contributed by atoms with van der Waals surface area (Å²) >= 11 is 4.75. The van der Waals surface area contributed by atoms with Crippen molar-refractivity contribution in [1.82, 2.24) is 0 Å². The number of thiocarbonyl (C=S) groups is 1. The molecule has 0 saturated carbocycles. The minimum atomic E-state index is -0.420. The Morgan fingerprint density at radius 1 is 1.45 bits per heavy atom. The molecule has 0 bridgehead atoms. The lowest BCUT2D eigenvalue weighted by Crippen LogP contribution is -2.14. The number of carbonyl (C=O) groups is 1. The van der Waals surface area contributed by atoms with E-state index in [2.05, 4.69) is 0 Å². The molecule has 0 fully saturated rings. The van der Waals surface area contributed by atoms with Crippen molar-refractivity contribution in [1.29, 1.82) is 5.26 Å². The van der Waals surface area contributed by atoms with Crippen LogP contribution in [-0.2, 0) is 9.53 Å². The third kappa shape index (κ3) is 5.08. The molecule has 0 unspecified atom stereocenters. The largest absolute Gasteiger partial charge is 0.482 e. The normalized spacial score (nSPS) is 10.5. The summed E-state index contributed by atoms with van der Waals surface area (Å²) in [6.07, 6.45) is 1.58. The van der Waals surface area contributed by atoms with E-state index in [0.29, 0.717) is 12.4 Å². The van der Waals surface area contributed by atoms with E-state index in [0.717, 1.165) is 5.56 Å². The summed E-state index contributed by atoms with van der Waals surface area (Å²) in [5.41, 5.74) is 6.40. The molecule has 1 aromatic rings. The van der Waals surface area contributed by atoms with Crippen LogP contribution in [0.2, 0.25) is 0 Å². The number of carbonyl (C=O) groups excluding carboxylic acids is 1. The van der Waals surface area contributed by atoms with Crippen molar-refractivity contribution in [2.24, 2.45) is 5.73 Å². The number of nitrogens with two attached hydrogens (primary N) is 1. The van der Waals surface area contributed by atoms with Gasteiger partial charge in [0.15, 0.2) is 6.61 Å². The predicted octanol–water partition coefficient (Wildman–Crippen LogP) is 1.82. The molecule has 0 heterocycles. The molecule has 1 rings (SSSR count). The van der Waals surface area contributed by atoms with Crippen LogP contribution < -0.4 is 10.5 Å².